The molecule has 7 nitrogen and oxygen atoms in total. The number of aromatic nitrogens is 6. The van der Waals surface area contributed by atoms with Crippen LogP contribution in [0.1, 0.15) is 28.7 Å². The molecule has 0 amide bonds. The van der Waals surface area contributed by atoms with Gasteiger partial charge in [-0.3, -0.25) is 4.98 Å². The Morgan fingerprint density at radius 1 is 1.18 bits per heavy atom. The van der Waals surface area contributed by atoms with Gasteiger partial charge in [-0.25, -0.2) is 14.5 Å². The van der Waals surface area contributed by atoms with Crippen LogP contribution in [0, 0.1) is 0 Å². The molecule has 0 radical (unpaired) electrons. The number of nitrogens with one attached hydrogen (secondary N) is 1. The van der Waals surface area contributed by atoms with E-state index in [0.29, 0.717) is 24.5 Å². The number of pyridine rings is 1. The van der Waals surface area contributed by atoms with Crippen LogP contribution in [0.3, 0.4) is 0 Å². The van der Waals surface area contributed by atoms with Crippen LogP contribution < -0.4 is 4.90 Å². The second kappa shape index (κ2) is 6.04. The highest BCUT2D eigenvalue weighted by molar-refractivity contribution is 5.59. The van der Waals surface area contributed by atoms with Gasteiger partial charge in [0.15, 0.2) is 0 Å². The number of halogens is 3. The molecule has 4 aromatic rings. The predicted octanol–water partition coefficient (Wildman–Crippen LogP) is 3.02. The van der Waals surface area contributed by atoms with E-state index < -0.39 is 17.8 Å². The van der Waals surface area contributed by atoms with Crippen LogP contribution >= 0.6 is 0 Å². The van der Waals surface area contributed by atoms with Gasteiger partial charge in [0.1, 0.15) is 11.9 Å². The van der Waals surface area contributed by atoms with Crippen LogP contribution in [0.5, 0.6) is 0 Å². The first-order valence-electron chi connectivity index (χ1n) is 8.62. The second-order valence-corrected chi connectivity index (χ2v) is 6.49. The molecule has 28 heavy (non-hydrogen) atoms. The summed E-state index contributed by atoms with van der Waals surface area (Å²) < 4.78 is 41.5. The van der Waals surface area contributed by atoms with Gasteiger partial charge in [0.2, 0.25) is 0 Å². The average molecular weight is 385 g/mol. The largest absolute Gasteiger partial charge is 0.418 e. The third-order valence-electron chi connectivity index (χ3n) is 4.88. The lowest BCUT2D eigenvalue weighted by Crippen LogP contribution is -2.37. The van der Waals surface area contributed by atoms with Gasteiger partial charge in [-0.1, -0.05) is 0 Å². The molecule has 0 unspecified atom stereocenters. The highest BCUT2D eigenvalue weighted by Crippen LogP contribution is 2.38. The fraction of sp³-hybridized carbons (Fsp3) is 0.222. The Kier molecular flexibility index (Phi) is 3.61. The zero-order chi connectivity index (χ0) is 19.3. The summed E-state index contributed by atoms with van der Waals surface area (Å²) in [7, 11) is 0. The standard InChI is InChI=1S/C18H14F3N7/c19-18(20,21)11-2-1-6-28-14(11)8-13(26-28)17-16-12(24-10-25-16)3-7-27(17)15-9-22-4-5-23-15/h1-2,4-6,8-10,17H,3,7H2,(H,24,25)/t17-/m1/s1. The molecule has 0 saturated heterocycles. The van der Waals surface area contributed by atoms with Crippen LogP contribution in [-0.4, -0.2) is 36.1 Å². The second-order valence-electron chi connectivity index (χ2n) is 6.49. The van der Waals surface area contributed by atoms with Gasteiger partial charge >= 0.3 is 6.18 Å². The Labute approximate surface area is 156 Å². The van der Waals surface area contributed by atoms with E-state index in [-0.39, 0.29) is 5.52 Å². The number of alkyl halides is 3. The first-order chi connectivity index (χ1) is 13.5. The third kappa shape index (κ3) is 2.60. The maximum atomic E-state index is 13.4. The molecule has 1 N–H and O–H groups in total. The number of anilines is 1. The number of imidazole rings is 1. The summed E-state index contributed by atoms with van der Waals surface area (Å²) in [6.07, 6.45) is 4.13. The lowest BCUT2D eigenvalue weighted by Gasteiger charge is -2.34. The fourth-order valence-electron chi connectivity index (χ4n) is 3.67. The Hall–Kier alpha value is -3.43. The number of rotatable bonds is 2. The molecule has 1 aliphatic heterocycles. The number of fused-ring (bicyclic) bond motifs is 2. The lowest BCUT2D eigenvalue weighted by molar-refractivity contribution is -0.136. The van der Waals surface area contributed by atoms with Gasteiger partial charge in [-0.15, -0.1) is 0 Å². The summed E-state index contributed by atoms with van der Waals surface area (Å²) in [6.45, 7) is 0.610. The smallest absolute Gasteiger partial charge is 0.348 e. The van der Waals surface area contributed by atoms with Crippen LogP contribution in [0.15, 0.2) is 49.3 Å². The van der Waals surface area contributed by atoms with Gasteiger partial charge in [-0.2, -0.15) is 18.3 Å². The molecule has 4 aromatic heterocycles. The van der Waals surface area contributed by atoms with Crippen molar-refractivity contribution in [3.8, 4) is 0 Å². The SMILES string of the molecule is FC(F)(F)c1cccn2nc([C@@H]3c4nc[nH]c4CCN3c3cnccn3)cc12. The molecule has 1 aliphatic rings. The van der Waals surface area contributed by atoms with Crippen molar-refractivity contribution in [3.05, 3.63) is 72.0 Å². The van der Waals surface area contributed by atoms with Crippen molar-refractivity contribution in [2.45, 2.75) is 18.6 Å². The van der Waals surface area contributed by atoms with Crippen molar-refractivity contribution < 1.29 is 13.2 Å². The molecule has 0 saturated carbocycles. The van der Waals surface area contributed by atoms with Gasteiger partial charge < -0.3 is 9.88 Å². The number of H-pyrrole nitrogens is 1. The molecule has 5 rings (SSSR count). The Balaban J connectivity index is 1.69. The molecule has 0 fully saturated rings. The van der Waals surface area contributed by atoms with Crippen LogP contribution in [-0.2, 0) is 12.6 Å². The maximum Gasteiger partial charge on any atom is 0.418 e. The Morgan fingerprint density at radius 3 is 2.86 bits per heavy atom. The van der Waals surface area contributed by atoms with Crippen LogP contribution in [0.25, 0.3) is 5.52 Å². The number of hydrogen-bond acceptors (Lipinski definition) is 5. The maximum absolute atomic E-state index is 13.4. The lowest BCUT2D eigenvalue weighted by atomic mass is 9.99. The van der Waals surface area contributed by atoms with Crippen molar-refractivity contribution in [2.75, 3.05) is 11.4 Å². The van der Waals surface area contributed by atoms with E-state index in [4.69, 9.17) is 0 Å². The minimum absolute atomic E-state index is 0.00625. The van der Waals surface area contributed by atoms with Crippen LogP contribution in [0.4, 0.5) is 19.0 Å². The summed E-state index contributed by atoms with van der Waals surface area (Å²) in [5.41, 5.74) is 1.42. The van der Waals surface area contributed by atoms with E-state index in [1.54, 1.807) is 24.9 Å². The molecule has 10 heteroatoms. The number of nitrogens with zero attached hydrogens (tertiary/aromatic N) is 6. The number of aromatic amines is 1. The first-order valence-corrected chi connectivity index (χ1v) is 8.62. The average Bonchev–Trinajstić information content (AvgIpc) is 3.33. The van der Waals surface area contributed by atoms with Crippen molar-refractivity contribution in [3.63, 3.8) is 0 Å². The summed E-state index contributed by atoms with van der Waals surface area (Å²) in [4.78, 5) is 18.0. The molecule has 1 atom stereocenters. The van der Waals surface area contributed by atoms with Crippen LogP contribution in [0.2, 0.25) is 0 Å². The normalized spacial score (nSPS) is 17.1. The van der Waals surface area contributed by atoms with Gasteiger partial charge in [0.25, 0.3) is 0 Å². The highest BCUT2D eigenvalue weighted by Gasteiger charge is 2.36. The minimum atomic E-state index is -4.46. The molecule has 142 valence electrons. The molecular formula is C18H14F3N7. The van der Waals surface area contributed by atoms with Gasteiger partial charge in [-0.05, 0) is 18.2 Å². The molecule has 0 spiro atoms. The Morgan fingerprint density at radius 2 is 2.07 bits per heavy atom. The third-order valence-corrected chi connectivity index (χ3v) is 4.88. The zero-order valence-electron chi connectivity index (χ0n) is 14.4. The minimum Gasteiger partial charge on any atom is -0.348 e. The van der Waals surface area contributed by atoms with Crippen molar-refractivity contribution >= 4 is 11.3 Å². The quantitative estimate of drug-likeness (QED) is 0.574. The molecule has 0 aliphatic carbocycles. The van der Waals surface area contributed by atoms with Gasteiger partial charge in [0, 0.05) is 37.3 Å². The predicted molar refractivity (Wildman–Crippen MR) is 93.7 cm³/mol. The molecule has 5 heterocycles. The number of hydrogen-bond donors (Lipinski definition) is 1. The summed E-state index contributed by atoms with van der Waals surface area (Å²) in [6, 6.07) is 3.41. The topological polar surface area (TPSA) is 75.0 Å². The first kappa shape index (κ1) is 16.7. The zero-order valence-corrected chi connectivity index (χ0v) is 14.4. The highest BCUT2D eigenvalue weighted by atomic mass is 19.4. The van der Waals surface area contributed by atoms with E-state index in [2.05, 4.69) is 25.0 Å². The fourth-order valence-corrected chi connectivity index (χ4v) is 3.67. The summed E-state index contributed by atoms with van der Waals surface area (Å²) >= 11 is 0. The van der Waals surface area contributed by atoms with E-state index in [0.717, 1.165) is 17.5 Å². The van der Waals surface area contributed by atoms with Crippen molar-refractivity contribution in [2.24, 2.45) is 0 Å². The molecular weight excluding hydrogens is 371 g/mol. The molecule has 0 aromatic carbocycles. The van der Waals surface area contributed by atoms with Gasteiger partial charge in [0.05, 0.1) is 35.0 Å². The van der Waals surface area contributed by atoms with Crippen molar-refractivity contribution in [1.29, 1.82) is 0 Å². The van der Waals surface area contributed by atoms with E-state index in [1.165, 1.54) is 22.8 Å². The van der Waals surface area contributed by atoms with E-state index >= 15 is 0 Å². The summed E-state index contributed by atoms with van der Waals surface area (Å²) in [5.74, 6) is 0.620. The van der Waals surface area contributed by atoms with E-state index in [9.17, 15) is 13.2 Å². The van der Waals surface area contributed by atoms with E-state index in [1.807, 2.05) is 4.90 Å². The Bertz CT molecular complexity index is 1130. The molecule has 0 bridgehead atoms. The van der Waals surface area contributed by atoms with Crippen molar-refractivity contribution in [1.82, 2.24) is 29.5 Å². The monoisotopic (exact) mass is 385 g/mol. The summed E-state index contributed by atoms with van der Waals surface area (Å²) in [5, 5.41) is 4.44.